The van der Waals surface area contributed by atoms with Crippen LogP contribution in [-0.4, -0.2) is 87.5 Å². The zero-order chi connectivity index (χ0) is 45.1. The predicted octanol–water partition coefficient (Wildman–Crippen LogP) is 12.2. The van der Waals surface area contributed by atoms with E-state index in [-0.39, 0.29) is 12.5 Å². The Morgan fingerprint density at radius 1 is 0.532 bits per heavy atom. The maximum absolute atomic E-state index is 13.0. The van der Waals surface area contributed by atoms with E-state index in [1.54, 1.807) is 6.08 Å². The lowest BCUT2D eigenvalue weighted by Gasteiger charge is -2.40. The van der Waals surface area contributed by atoms with Crippen LogP contribution < -0.4 is 5.32 Å². The van der Waals surface area contributed by atoms with E-state index >= 15 is 0 Å². The van der Waals surface area contributed by atoms with Crippen LogP contribution in [0.1, 0.15) is 251 Å². The summed E-state index contributed by atoms with van der Waals surface area (Å²) in [5.41, 5.74) is 0. The lowest BCUT2D eigenvalue weighted by atomic mass is 9.99. The number of ether oxygens (including phenoxy) is 2. The quantitative estimate of drug-likeness (QED) is 0.0262. The van der Waals surface area contributed by atoms with Crippen molar-refractivity contribution in [3.05, 3.63) is 24.3 Å². The smallest absolute Gasteiger partial charge is 0.220 e. The Hall–Kier alpha value is -1.33. The van der Waals surface area contributed by atoms with Gasteiger partial charge in [0.05, 0.1) is 25.4 Å². The van der Waals surface area contributed by atoms with E-state index in [0.29, 0.717) is 6.42 Å². The monoisotopic (exact) mass is 880 g/mol. The summed E-state index contributed by atoms with van der Waals surface area (Å²) in [6.07, 6.45) is 46.7. The average Bonchev–Trinajstić information content (AvgIpc) is 3.27. The highest BCUT2D eigenvalue weighted by Gasteiger charge is 2.44. The molecule has 9 heteroatoms. The highest BCUT2D eigenvalue weighted by Crippen LogP contribution is 2.23. The van der Waals surface area contributed by atoms with Gasteiger partial charge in [-0.05, 0) is 32.1 Å². The molecule has 0 aliphatic carbocycles. The van der Waals surface area contributed by atoms with Gasteiger partial charge in [-0.25, -0.2) is 0 Å². The minimum atomic E-state index is -1.57. The van der Waals surface area contributed by atoms with E-state index in [1.807, 2.05) is 6.08 Å². The summed E-state index contributed by atoms with van der Waals surface area (Å²) in [5.74, 6) is -0.183. The van der Waals surface area contributed by atoms with E-state index in [9.17, 15) is 30.3 Å². The van der Waals surface area contributed by atoms with Crippen molar-refractivity contribution < 1.29 is 39.8 Å². The fraction of sp³-hybridized carbons (Fsp3) is 0.906. The number of aliphatic hydroxyl groups excluding tert-OH is 5. The minimum absolute atomic E-state index is 0.183. The summed E-state index contributed by atoms with van der Waals surface area (Å²) in [6, 6.07) is -0.817. The van der Waals surface area contributed by atoms with E-state index in [0.717, 1.165) is 38.5 Å². The Labute approximate surface area is 381 Å². The van der Waals surface area contributed by atoms with Crippen LogP contribution in [0.5, 0.6) is 0 Å². The first-order chi connectivity index (χ1) is 30.3. The number of nitrogens with one attached hydrogen (secondary N) is 1. The Balaban J connectivity index is 2.28. The fourth-order valence-electron chi connectivity index (χ4n) is 8.53. The van der Waals surface area contributed by atoms with E-state index in [1.165, 1.54) is 193 Å². The molecule has 62 heavy (non-hydrogen) atoms. The van der Waals surface area contributed by atoms with Crippen molar-refractivity contribution in [1.29, 1.82) is 0 Å². The molecule has 0 bridgehead atoms. The van der Waals surface area contributed by atoms with Crippen LogP contribution in [0.2, 0.25) is 0 Å². The summed E-state index contributed by atoms with van der Waals surface area (Å²) in [5, 5.41) is 54.3. The van der Waals surface area contributed by atoms with Gasteiger partial charge < -0.3 is 40.3 Å². The van der Waals surface area contributed by atoms with Crippen molar-refractivity contribution in [3.8, 4) is 0 Å². The second-order valence-corrected chi connectivity index (χ2v) is 18.7. The third kappa shape index (κ3) is 33.2. The summed E-state index contributed by atoms with van der Waals surface area (Å²) in [6.45, 7) is 3.78. The van der Waals surface area contributed by atoms with E-state index in [2.05, 4.69) is 31.3 Å². The summed E-state index contributed by atoms with van der Waals surface area (Å²) < 4.78 is 11.2. The van der Waals surface area contributed by atoms with Crippen LogP contribution in [0.15, 0.2) is 24.3 Å². The minimum Gasteiger partial charge on any atom is -0.394 e. The first kappa shape index (κ1) is 58.7. The predicted molar refractivity (Wildman–Crippen MR) is 258 cm³/mol. The van der Waals surface area contributed by atoms with Gasteiger partial charge in [0.15, 0.2) is 6.29 Å². The molecule has 0 saturated carbocycles. The van der Waals surface area contributed by atoms with Crippen LogP contribution in [0, 0.1) is 0 Å². The first-order valence-electron chi connectivity index (χ1n) is 26.6. The van der Waals surface area contributed by atoms with Gasteiger partial charge in [-0.2, -0.15) is 0 Å². The third-order valence-electron chi connectivity index (χ3n) is 12.8. The van der Waals surface area contributed by atoms with Crippen LogP contribution in [0.3, 0.4) is 0 Å². The molecule has 366 valence electrons. The van der Waals surface area contributed by atoms with E-state index < -0.39 is 49.5 Å². The van der Waals surface area contributed by atoms with Gasteiger partial charge in [-0.1, -0.05) is 237 Å². The number of hydrogen-bond donors (Lipinski definition) is 6. The van der Waals surface area contributed by atoms with Crippen molar-refractivity contribution in [2.24, 2.45) is 0 Å². The molecule has 0 radical (unpaired) electrons. The lowest BCUT2D eigenvalue weighted by molar-refractivity contribution is -0.302. The molecule has 0 aromatic rings. The average molecular weight is 880 g/mol. The Morgan fingerprint density at radius 3 is 1.35 bits per heavy atom. The standard InChI is InChI=1S/C53H101NO8/c1-3-5-7-9-11-13-15-17-19-20-21-22-23-24-25-26-27-29-30-32-34-36-38-40-42-47(56)46(45-61-53-52(60)51(59)50(58)48(44-55)62-53)54-49(57)43-41-39-37-35-33-31-28-18-16-14-12-10-8-6-4-2/h32,34,40,42,46-48,50-53,55-56,58-60H,3-31,33,35-39,41,43-45H2,1-2H3,(H,54,57)/b34-32+,42-40+. The van der Waals surface area contributed by atoms with Crippen LogP contribution >= 0.6 is 0 Å². The SMILES string of the molecule is CCCCCCCCCCCCCCCCCCCC/C=C/CC/C=C/C(O)C(COC1OC(CO)C(O)C(O)C1O)NC(=O)CCCCCCCCCCCCCCCCC. The normalized spacial score (nSPS) is 20.4. The maximum atomic E-state index is 13.0. The largest absolute Gasteiger partial charge is 0.394 e. The fourth-order valence-corrected chi connectivity index (χ4v) is 8.53. The number of amides is 1. The second-order valence-electron chi connectivity index (χ2n) is 18.7. The highest BCUT2D eigenvalue weighted by atomic mass is 16.7. The molecule has 6 N–H and O–H groups in total. The molecule has 7 unspecified atom stereocenters. The van der Waals surface area contributed by atoms with Gasteiger partial charge in [0.1, 0.15) is 24.4 Å². The van der Waals surface area contributed by atoms with Gasteiger partial charge >= 0.3 is 0 Å². The topological polar surface area (TPSA) is 149 Å². The first-order valence-corrected chi connectivity index (χ1v) is 26.6. The highest BCUT2D eigenvalue weighted by molar-refractivity contribution is 5.76. The van der Waals surface area contributed by atoms with E-state index in [4.69, 9.17) is 9.47 Å². The summed E-state index contributed by atoms with van der Waals surface area (Å²) >= 11 is 0. The van der Waals surface area contributed by atoms with Gasteiger partial charge in [0, 0.05) is 6.42 Å². The maximum Gasteiger partial charge on any atom is 0.220 e. The molecule has 1 fully saturated rings. The Morgan fingerprint density at radius 2 is 0.919 bits per heavy atom. The zero-order valence-electron chi connectivity index (χ0n) is 40.4. The van der Waals surface area contributed by atoms with Crippen LogP contribution in [0.4, 0.5) is 0 Å². The van der Waals surface area contributed by atoms with Crippen molar-refractivity contribution >= 4 is 5.91 Å². The molecule has 0 spiro atoms. The number of carbonyl (C=O) groups excluding carboxylic acids is 1. The number of allylic oxidation sites excluding steroid dienone is 3. The van der Waals surface area contributed by atoms with Gasteiger partial charge in [-0.3, -0.25) is 4.79 Å². The van der Waals surface area contributed by atoms with Crippen molar-refractivity contribution in [3.63, 3.8) is 0 Å². The molecule has 9 nitrogen and oxygen atoms in total. The van der Waals surface area contributed by atoms with Gasteiger partial charge in [-0.15, -0.1) is 0 Å². The molecular formula is C53H101NO8. The number of hydrogen-bond acceptors (Lipinski definition) is 8. The number of aliphatic hydroxyl groups is 5. The molecule has 1 amide bonds. The molecule has 0 aromatic carbocycles. The lowest BCUT2D eigenvalue weighted by Crippen LogP contribution is -2.60. The van der Waals surface area contributed by atoms with Crippen molar-refractivity contribution in [2.45, 2.75) is 294 Å². The Kier molecular flexibility index (Phi) is 41.2. The van der Waals surface area contributed by atoms with Crippen LogP contribution in [-0.2, 0) is 14.3 Å². The van der Waals surface area contributed by atoms with Gasteiger partial charge in [0.2, 0.25) is 5.91 Å². The number of rotatable bonds is 45. The molecule has 1 saturated heterocycles. The molecule has 1 heterocycles. The van der Waals surface area contributed by atoms with Gasteiger partial charge in [0.25, 0.3) is 0 Å². The Bertz CT molecular complexity index is 1020. The molecule has 1 rings (SSSR count). The third-order valence-corrected chi connectivity index (χ3v) is 12.8. The summed E-state index contributed by atoms with van der Waals surface area (Å²) in [7, 11) is 0. The molecular weight excluding hydrogens is 779 g/mol. The second kappa shape index (κ2) is 43.6. The van der Waals surface area contributed by atoms with Crippen LogP contribution in [0.25, 0.3) is 0 Å². The summed E-state index contributed by atoms with van der Waals surface area (Å²) in [4.78, 5) is 13.0. The van der Waals surface area contributed by atoms with Crippen molar-refractivity contribution in [1.82, 2.24) is 5.32 Å². The molecule has 0 aromatic heterocycles. The van der Waals surface area contributed by atoms with Crippen molar-refractivity contribution in [2.75, 3.05) is 13.2 Å². The number of unbranched alkanes of at least 4 members (excludes halogenated alkanes) is 33. The number of carbonyl (C=O) groups is 1. The molecule has 7 atom stereocenters. The zero-order valence-corrected chi connectivity index (χ0v) is 40.4. The molecule has 1 aliphatic heterocycles. The molecule has 1 aliphatic rings.